The highest BCUT2D eigenvalue weighted by Gasteiger charge is 2.43. The van der Waals surface area contributed by atoms with Gasteiger partial charge in [0.25, 0.3) is 0 Å². The van der Waals surface area contributed by atoms with Gasteiger partial charge in [-0.15, -0.1) is 0 Å². The van der Waals surface area contributed by atoms with Crippen molar-refractivity contribution in [2.45, 2.75) is 101 Å². The highest BCUT2D eigenvalue weighted by molar-refractivity contribution is 5.19. The third-order valence-electron chi connectivity index (χ3n) is 10.3. The van der Waals surface area contributed by atoms with Gasteiger partial charge in [-0.1, -0.05) is 11.6 Å². The maximum absolute atomic E-state index is 10.4. The van der Waals surface area contributed by atoms with Crippen LogP contribution in [0.5, 0.6) is 0 Å². The van der Waals surface area contributed by atoms with E-state index in [1.807, 2.05) is 6.92 Å². The third-order valence-corrected chi connectivity index (χ3v) is 10.3. The van der Waals surface area contributed by atoms with Crippen LogP contribution >= 0.6 is 0 Å². The molecule has 0 amide bonds. The molecule has 0 bridgehead atoms. The quantitative estimate of drug-likeness (QED) is 0.183. The molecule has 0 aromatic carbocycles. The van der Waals surface area contributed by atoms with E-state index in [1.165, 1.54) is 57.8 Å². The van der Waals surface area contributed by atoms with Crippen molar-refractivity contribution in [3.63, 3.8) is 0 Å². The van der Waals surface area contributed by atoms with Crippen molar-refractivity contribution in [2.75, 3.05) is 59.7 Å². The molecule has 0 radical (unpaired) electrons. The fourth-order valence-corrected chi connectivity index (χ4v) is 7.65. The molecule has 5 rings (SSSR count). The van der Waals surface area contributed by atoms with E-state index in [-0.39, 0.29) is 12.4 Å². The van der Waals surface area contributed by atoms with Crippen LogP contribution in [0.2, 0.25) is 0 Å². The molecule has 3 aliphatic carbocycles. The van der Waals surface area contributed by atoms with Crippen molar-refractivity contribution < 1.29 is 19.7 Å². The summed E-state index contributed by atoms with van der Waals surface area (Å²) in [7, 11) is 1.66. The molecule has 2 heterocycles. The van der Waals surface area contributed by atoms with Crippen molar-refractivity contribution in [1.29, 1.82) is 0 Å². The monoisotopic (exact) mass is 549 g/mol. The van der Waals surface area contributed by atoms with Gasteiger partial charge in [-0.25, -0.2) is 0 Å². The number of aliphatic hydroxyl groups excluding tert-OH is 2. The van der Waals surface area contributed by atoms with Crippen molar-refractivity contribution >= 4 is 0 Å². The summed E-state index contributed by atoms with van der Waals surface area (Å²) in [5.74, 6) is 1.91. The summed E-state index contributed by atoms with van der Waals surface area (Å²) in [4.78, 5) is 4.79. The Bertz CT molecular complexity index is 768. The number of hydrogen-bond acceptors (Lipinski definition) is 9. The van der Waals surface area contributed by atoms with Gasteiger partial charge in [-0.2, -0.15) is 0 Å². The molecular weight excluding hydrogens is 494 g/mol. The number of methoxy groups -OCH3 is 1. The molecule has 2 aliphatic heterocycles. The summed E-state index contributed by atoms with van der Waals surface area (Å²) in [5, 5.41) is 31.8. The number of aliphatic hydroxyl groups is 2. The normalized spacial score (nSPS) is 38.3. The average molecular weight is 550 g/mol. The Balaban J connectivity index is 0.977. The first kappa shape index (κ1) is 29.9. The predicted octanol–water partition coefficient (Wildman–Crippen LogP) is 1.46. The van der Waals surface area contributed by atoms with Crippen LogP contribution in [-0.2, 0) is 9.47 Å². The Kier molecular flexibility index (Phi) is 11.1. The van der Waals surface area contributed by atoms with Gasteiger partial charge in [0.15, 0.2) is 0 Å². The first-order chi connectivity index (χ1) is 19.0. The van der Waals surface area contributed by atoms with Gasteiger partial charge < -0.3 is 19.7 Å². The summed E-state index contributed by atoms with van der Waals surface area (Å²) in [6.07, 6.45) is 13.1. The Morgan fingerprint density at radius 2 is 1.85 bits per heavy atom. The van der Waals surface area contributed by atoms with Crippen LogP contribution < -0.4 is 16.0 Å². The number of allylic oxidation sites excluding steroid dienone is 2. The SMILES string of the molecule is COCCOCC(O)N1CCN(C2CCC(NC3NCCC(C4CC=C([C@@H]5CC5C(C)O)CC4)N3)CC2)CC1. The highest BCUT2D eigenvalue weighted by Crippen LogP contribution is 2.49. The fourth-order valence-electron chi connectivity index (χ4n) is 7.65. The summed E-state index contributed by atoms with van der Waals surface area (Å²) in [5.41, 5.74) is 1.63. The van der Waals surface area contributed by atoms with E-state index in [2.05, 4.69) is 31.8 Å². The average Bonchev–Trinajstić information content (AvgIpc) is 3.78. The maximum Gasteiger partial charge on any atom is 0.131 e. The number of hydrogen-bond donors (Lipinski definition) is 5. The van der Waals surface area contributed by atoms with Gasteiger partial charge in [-0.05, 0) is 89.0 Å². The molecule has 0 spiro atoms. The lowest BCUT2D eigenvalue weighted by Gasteiger charge is -2.44. The molecule has 39 heavy (non-hydrogen) atoms. The minimum atomic E-state index is -0.518. The molecule has 224 valence electrons. The smallest absolute Gasteiger partial charge is 0.131 e. The largest absolute Gasteiger partial charge is 0.393 e. The first-order valence-corrected chi connectivity index (χ1v) is 15.9. The maximum atomic E-state index is 10.4. The highest BCUT2D eigenvalue weighted by atomic mass is 16.5. The predicted molar refractivity (Wildman–Crippen MR) is 153 cm³/mol. The van der Waals surface area contributed by atoms with Crippen molar-refractivity contribution in [3.05, 3.63) is 11.6 Å². The van der Waals surface area contributed by atoms with Crippen LogP contribution in [0, 0.1) is 17.8 Å². The Labute approximate surface area is 236 Å². The zero-order chi connectivity index (χ0) is 27.2. The number of ether oxygens (including phenoxy) is 2. The van der Waals surface area contributed by atoms with Crippen LogP contribution in [0.3, 0.4) is 0 Å². The number of rotatable bonds is 12. The Morgan fingerprint density at radius 3 is 2.51 bits per heavy atom. The second-order valence-electron chi connectivity index (χ2n) is 12.8. The summed E-state index contributed by atoms with van der Waals surface area (Å²) >= 11 is 0. The van der Waals surface area contributed by atoms with Crippen molar-refractivity contribution in [3.8, 4) is 0 Å². The lowest BCUT2D eigenvalue weighted by molar-refractivity contribution is -0.0836. The van der Waals surface area contributed by atoms with E-state index >= 15 is 0 Å². The lowest BCUT2D eigenvalue weighted by atomic mass is 9.81. The van der Waals surface area contributed by atoms with Gasteiger partial charge in [0.1, 0.15) is 12.5 Å². The van der Waals surface area contributed by atoms with Crippen LogP contribution in [0.25, 0.3) is 0 Å². The molecule has 6 unspecified atom stereocenters. The molecule has 7 atom stereocenters. The van der Waals surface area contributed by atoms with Crippen molar-refractivity contribution in [1.82, 2.24) is 25.8 Å². The lowest BCUT2D eigenvalue weighted by Crippen LogP contribution is -2.64. The van der Waals surface area contributed by atoms with E-state index in [0.29, 0.717) is 49.8 Å². The number of piperazine rings is 1. The third kappa shape index (κ3) is 8.23. The molecule has 9 nitrogen and oxygen atoms in total. The van der Waals surface area contributed by atoms with Crippen LogP contribution in [0.1, 0.15) is 64.7 Å². The standard InChI is InChI=1S/C30H55N5O4/c1-21(36)26-19-27(26)22-3-5-23(6-4-22)28-11-12-31-30(33-28)32-24-7-9-25(10-8-24)34-13-15-35(16-14-34)29(37)20-39-18-17-38-2/h3,21,23-33,36-37H,4-20H2,1-2H3/t21?,23?,24?,25?,26?,27-,28?,29?,30?/m0/s1. The Morgan fingerprint density at radius 1 is 1.05 bits per heavy atom. The fraction of sp³-hybridized carbons (Fsp3) is 0.933. The molecule has 5 N–H and O–H groups in total. The summed E-state index contributed by atoms with van der Waals surface area (Å²) in [6, 6.07) is 1.83. The van der Waals surface area contributed by atoms with E-state index in [4.69, 9.17) is 9.47 Å². The van der Waals surface area contributed by atoms with E-state index in [0.717, 1.165) is 38.6 Å². The zero-order valence-electron chi connectivity index (χ0n) is 24.4. The van der Waals surface area contributed by atoms with Crippen LogP contribution in [0.15, 0.2) is 11.6 Å². The van der Waals surface area contributed by atoms with Gasteiger partial charge in [0, 0.05) is 51.4 Å². The molecular formula is C30H55N5O4. The van der Waals surface area contributed by atoms with E-state index in [1.54, 1.807) is 12.7 Å². The molecule has 0 aromatic heterocycles. The topological polar surface area (TPSA) is 101 Å². The van der Waals surface area contributed by atoms with E-state index < -0.39 is 6.23 Å². The number of nitrogens with zero attached hydrogens (tertiary/aromatic N) is 2. The first-order valence-electron chi connectivity index (χ1n) is 15.9. The molecule has 2 saturated carbocycles. The minimum absolute atomic E-state index is 0.150. The zero-order valence-corrected chi connectivity index (χ0v) is 24.4. The summed E-state index contributed by atoms with van der Waals surface area (Å²) < 4.78 is 10.5. The molecule has 4 fully saturated rings. The van der Waals surface area contributed by atoms with Crippen LogP contribution in [-0.4, -0.2) is 116 Å². The second kappa shape index (κ2) is 14.5. The minimum Gasteiger partial charge on any atom is -0.393 e. The van der Waals surface area contributed by atoms with E-state index in [9.17, 15) is 10.2 Å². The Hall–Kier alpha value is -0.620. The van der Waals surface area contributed by atoms with Gasteiger partial charge in [-0.3, -0.25) is 25.8 Å². The van der Waals surface area contributed by atoms with Crippen molar-refractivity contribution in [2.24, 2.45) is 17.8 Å². The second-order valence-corrected chi connectivity index (χ2v) is 12.8. The molecule has 2 saturated heterocycles. The van der Waals surface area contributed by atoms with Crippen LogP contribution in [0.4, 0.5) is 0 Å². The van der Waals surface area contributed by atoms with Gasteiger partial charge >= 0.3 is 0 Å². The molecule has 5 aliphatic rings. The number of nitrogens with one attached hydrogen (secondary N) is 3. The molecule has 9 heteroatoms. The van der Waals surface area contributed by atoms with Gasteiger partial charge in [0.05, 0.1) is 25.9 Å². The summed E-state index contributed by atoms with van der Waals surface area (Å²) in [6.45, 7) is 8.36. The van der Waals surface area contributed by atoms with Gasteiger partial charge in [0.2, 0.25) is 0 Å². The molecule has 0 aromatic rings.